The Balaban J connectivity index is 1.89. The van der Waals surface area contributed by atoms with Crippen LogP contribution in [-0.4, -0.2) is 46.9 Å². The Labute approximate surface area is 125 Å². The minimum absolute atomic E-state index is 0.0499. The molecule has 5 heteroatoms. The second-order valence-corrected chi connectivity index (χ2v) is 6.40. The van der Waals surface area contributed by atoms with E-state index in [-0.39, 0.29) is 12.1 Å². The first-order valence-corrected chi connectivity index (χ1v) is 7.33. The Morgan fingerprint density at radius 2 is 2.00 bits per heavy atom. The number of benzene rings is 1. The van der Waals surface area contributed by atoms with Crippen LogP contribution in [0.4, 0.5) is 10.5 Å². The van der Waals surface area contributed by atoms with Crippen molar-refractivity contribution in [3.05, 3.63) is 30.3 Å². The van der Waals surface area contributed by atoms with Crippen LogP contribution in [0.5, 0.6) is 0 Å². The maximum Gasteiger partial charge on any atom is 0.410 e. The van der Waals surface area contributed by atoms with Gasteiger partial charge in [-0.15, -0.1) is 0 Å². The van der Waals surface area contributed by atoms with Gasteiger partial charge < -0.3 is 20.1 Å². The molecule has 0 saturated carbocycles. The minimum atomic E-state index is -0.605. The fourth-order valence-electron chi connectivity index (χ4n) is 2.34. The monoisotopic (exact) mass is 292 g/mol. The molecular formula is C16H24N2O3. The molecule has 1 saturated heterocycles. The zero-order chi connectivity index (χ0) is 15.5. The number of ether oxygens (including phenoxy) is 1. The fourth-order valence-corrected chi connectivity index (χ4v) is 2.34. The maximum atomic E-state index is 12.0. The Hall–Kier alpha value is -1.75. The number of anilines is 1. The zero-order valence-corrected chi connectivity index (χ0v) is 12.9. The first kappa shape index (κ1) is 15.6. The molecule has 1 aliphatic rings. The van der Waals surface area contributed by atoms with Crippen LogP contribution in [0.25, 0.3) is 0 Å². The van der Waals surface area contributed by atoms with Gasteiger partial charge in [-0.3, -0.25) is 0 Å². The lowest BCUT2D eigenvalue weighted by atomic mass is 10.0. The van der Waals surface area contributed by atoms with Crippen molar-refractivity contribution in [1.29, 1.82) is 0 Å². The van der Waals surface area contributed by atoms with Gasteiger partial charge in [-0.05, 0) is 39.3 Å². The topological polar surface area (TPSA) is 61.8 Å². The summed E-state index contributed by atoms with van der Waals surface area (Å²) in [5.74, 6) is 0. The molecule has 0 unspecified atom stereocenters. The Morgan fingerprint density at radius 1 is 1.33 bits per heavy atom. The molecule has 0 radical (unpaired) electrons. The summed E-state index contributed by atoms with van der Waals surface area (Å²) in [5, 5.41) is 13.5. The van der Waals surface area contributed by atoms with E-state index in [1.54, 1.807) is 4.90 Å². The molecular weight excluding hydrogens is 268 g/mol. The molecule has 21 heavy (non-hydrogen) atoms. The summed E-state index contributed by atoms with van der Waals surface area (Å²) in [7, 11) is 0. The van der Waals surface area contributed by atoms with Gasteiger partial charge >= 0.3 is 6.09 Å². The summed E-state index contributed by atoms with van der Waals surface area (Å²) < 4.78 is 5.33. The van der Waals surface area contributed by atoms with E-state index in [1.165, 1.54) is 0 Å². The average Bonchev–Trinajstić information content (AvgIpc) is 2.40. The molecule has 2 rings (SSSR count). The van der Waals surface area contributed by atoms with E-state index in [4.69, 9.17) is 4.74 Å². The van der Waals surface area contributed by atoms with Crippen LogP contribution < -0.4 is 5.32 Å². The Kier molecular flexibility index (Phi) is 4.73. The van der Waals surface area contributed by atoms with Crippen LogP contribution in [0.2, 0.25) is 0 Å². The molecule has 116 valence electrons. The lowest BCUT2D eigenvalue weighted by Gasteiger charge is -2.37. The van der Waals surface area contributed by atoms with Crippen LogP contribution >= 0.6 is 0 Å². The molecule has 0 aliphatic carbocycles. The van der Waals surface area contributed by atoms with Gasteiger partial charge in [0.25, 0.3) is 0 Å². The van der Waals surface area contributed by atoms with E-state index in [0.717, 1.165) is 5.69 Å². The SMILES string of the molecule is CC(C)(C)OC(=O)N1CC[C@@H](Nc2ccccc2)[C@H](O)C1. The number of hydrogen-bond acceptors (Lipinski definition) is 4. The quantitative estimate of drug-likeness (QED) is 0.879. The third kappa shape index (κ3) is 4.63. The number of likely N-dealkylation sites (tertiary alicyclic amines) is 1. The number of β-amino-alcohol motifs (C(OH)–C–C–N with tert-alkyl or cyclic N) is 1. The van der Waals surface area contributed by atoms with Crippen molar-refractivity contribution in [1.82, 2.24) is 4.90 Å². The van der Waals surface area contributed by atoms with Crippen LogP contribution in [-0.2, 0) is 4.74 Å². The van der Waals surface area contributed by atoms with Gasteiger partial charge in [0.1, 0.15) is 5.60 Å². The highest BCUT2D eigenvalue weighted by atomic mass is 16.6. The van der Waals surface area contributed by atoms with E-state index < -0.39 is 11.7 Å². The first-order chi connectivity index (χ1) is 9.85. The average molecular weight is 292 g/mol. The maximum absolute atomic E-state index is 12.0. The number of nitrogens with one attached hydrogen (secondary N) is 1. The number of piperidine rings is 1. The number of carbonyl (C=O) groups excluding carboxylic acids is 1. The summed E-state index contributed by atoms with van der Waals surface area (Å²) in [5.41, 5.74) is 0.466. The van der Waals surface area contributed by atoms with E-state index in [1.807, 2.05) is 51.1 Å². The molecule has 2 atom stereocenters. The second-order valence-electron chi connectivity index (χ2n) is 6.40. The zero-order valence-electron chi connectivity index (χ0n) is 12.9. The molecule has 1 heterocycles. The predicted molar refractivity (Wildman–Crippen MR) is 82.3 cm³/mol. The minimum Gasteiger partial charge on any atom is -0.444 e. The smallest absolute Gasteiger partial charge is 0.410 e. The van der Waals surface area contributed by atoms with Crippen molar-refractivity contribution in [3.63, 3.8) is 0 Å². The number of nitrogens with zero attached hydrogens (tertiary/aromatic N) is 1. The van der Waals surface area contributed by atoms with Crippen LogP contribution in [0, 0.1) is 0 Å². The van der Waals surface area contributed by atoms with Gasteiger partial charge in [0.2, 0.25) is 0 Å². The van der Waals surface area contributed by atoms with Gasteiger partial charge in [-0.2, -0.15) is 0 Å². The van der Waals surface area contributed by atoms with Crippen LogP contribution in [0.1, 0.15) is 27.2 Å². The second kappa shape index (κ2) is 6.35. The van der Waals surface area contributed by atoms with Crippen LogP contribution in [0.15, 0.2) is 30.3 Å². The molecule has 0 spiro atoms. The van der Waals surface area contributed by atoms with E-state index in [9.17, 15) is 9.90 Å². The summed E-state index contributed by atoms with van der Waals surface area (Å²) in [6.45, 7) is 6.39. The van der Waals surface area contributed by atoms with Crippen LogP contribution in [0.3, 0.4) is 0 Å². The normalized spacial score (nSPS) is 22.8. The molecule has 1 aromatic rings. The lowest BCUT2D eigenvalue weighted by Crippen LogP contribution is -2.52. The van der Waals surface area contributed by atoms with Gasteiger partial charge in [-0.25, -0.2) is 4.79 Å². The van der Waals surface area contributed by atoms with Crippen molar-refractivity contribution < 1.29 is 14.6 Å². The number of para-hydroxylation sites is 1. The third-order valence-corrected chi connectivity index (χ3v) is 3.36. The Bertz CT molecular complexity index is 470. The molecule has 1 fully saturated rings. The Morgan fingerprint density at radius 3 is 2.57 bits per heavy atom. The summed E-state index contributed by atoms with van der Waals surface area (Å²) in [6.07, 6.45) is -0.277. The molecule has 1 amide bonds. The van der Waals surface area contributed by atoms with Crippen molar-refractivity contribution in [2.45, 2.75) is 44.9 Å². The molecule has 2 N–H and O–H groups in total. The number of rotatable bonds is 2. The van der Waals surface area contributed by atoms with E-state index in [0.29, 0.717) is 19.5 Å². The summed E-state index contributed by atoms with van der Waals surface area (Å²) in [4.78, 5) is 13.6. The van der Waals surface area contributed by atoms with Gasteiger partial charge in [-0.1, -0.05) is 18.2 Å². The molecule has 0 bridgehead atoms. The largest absolute Gasteiger partial charge is 0.444 e. The van der Waals surface area contributed by atoms with Crippen molar-refractivity contribution in [2.75, 3.05) is 18.4 Å². The highest BCUT2D eigenvalue weighted by molar-refractivity contribution is 5.68. The van der Waals surface area contributed by atoms with Gasteiger partial charge in [0.15, 0.2) is 0 Å². The highest BCUT2D eigenvalue weighted by Crippen LogP contribution is 2.19. The molecule has 1 aromatic carbocycles. The molecule has 5 nitrogen and oxygen atoms in total. The highest BCUT2D eigenvalue weighted by Gasteiger charge is 2.32. The number of aliphatic hydroxyl groups excluding tert-OH is 1. The predicted octanol–water partition coefficient (Wildman–Crippen LogP) is 2.47. The molecule has 0 aromatic heterocycles. The van der Waals surface area contributed by atoms with E-state index in [2.05, 4.69) is 5.32 Å². The standard InChI is InChI=1S/C16H24N2O3/c1-16(2,3)21-15(20)18-10-9-13(14(19)11-18)17-12-7-5-4-6-8-12/h4-8,13-14,17,19H,9-11H2,1-3H3/t13-,14-/m1/s1. The van der Waals surface area contributed by atoms with Gasteiger partial charge in [0.05, 0.1) is 18.7 Å². The first-order valence-electron chi connectivity index (χ1n) is 7.33. The van der Waals surface area contributed by atoms with Gasteiger partial charge in [0, 0.05) is 12.2 Å². The van der Waals surface area contributed by atoms with Crippen molar-refractivity contribution >= 4 is 11.8 Å². The lowest BCUT2D eigenvalue weighted by molar-refractivity contribution is 0.00119. The number of amides is 1. The van der Waals surface area contributed by atoms with E-state index >= 15 is 0 Å². The number of carbonyl (C=O) groups is 1. The number of aliphatic hydroxyl groups is 1. The summed E-state index contributed by atoms with van der Waals surface area (Å²) in [6, 6.07) is 9.73. The van der Waals surface area contributed by atoms with Crippen molar-refractivity contribution in [2.24, 2.45) is 0 Å². The molecule has 1 aliphatic heterocycles. The number of hydrogen-bond donors (Lipinski definition) is 2. The van der Waals surface area contributed by atoms with Crippen molar-refractivity contribution in [3.8, 4) is 0 Å². The fraction of sp³-hybridized carbons (Fsp3) is 0.562. The summed E-state index contributed by atoms with van der Waals surface area (Å²) >= 11 is 0. The third-order valence-electron chi connectivity index (χ3n) is 3.36.